The molecule has 2 saturated heterocycles. The molecule has 3 nitrogen and oxygen atoms in total. The lowest BCUT2D eigenvalue weighted by Crippen LogP contribution is -2.37. The van der Waals surface area contributed by atoms with Gasteiger partial charge in [0, 0.05) is 25.2 Å². The van der Waals surface area contributed by atoms with Crippen LogP contribution in [0.25, 0.3) is 0 Å². The molecule has 0 saturated carbocycles. The van der Waals surface area contributed by atoms with Crippen molar-refractivity contribution in [2.45, 2.75) is 37.8 Å². The third-order valence-corrected chi connectivity index (χ3v) is 4.92. The van der Waals surface area contributed by atoms with Crippen LogP contribution in [0.5, 0.6) is 0 Å². The molecule has 2 aliphatic rings. The van der Waals surface area contributed by atoms with Gasteiger partial charge in [0.2, 0.25) is 0 Å². The summed E-state index contributed by atoms with van der Waals surface area (Å²) < 4.78 is 13.3. The molecule has 2 unspecified atom stereocenters. The second-order valence-corrected chi connectivity index (χ2v) is 6.44. The Bertz CT molecular complexity index is 465. The van der Waals surface area contributed by atoms with Crippen molar-refractivity contribution in [3.63, 3.8) is 0 Å². The van der Waals surface area contributed by atoms with E-state index in [1.165, 1.54) is 51.5 Å². The fourth-order valence-electron chi connectivity index (χ4n) is 3.71. The van der Waals surface area contributed by atoms with E-state index in [1.54, 1.807) is 12.1 Å². The minimum Gasteiger partial charge on any atom is -0.324 e. The zero-order valence-electron chi connectivity index (χ0n) is 12.7. The Kier molecular flexibility index (Phi) is 4.88. The monoisotopic (exact) mass is 291 g/mol. The second kappa shape index (κ2) is 6.86. The van der Waals surface area contributed by atoms with Crippen LogP contribution >= 0.6 is 0 Å². The van der Waals surface area contributed by atoms with Gasteiger partial charge < -0.3 is 10.6 Å². The molecule has 1 aromatic carbocycles. The van der Waals surface area contributed by atoms with E-state index in [9.17, 15) is 4.39 Å². The molecular formula is C17H26FN3. The topological polar surface area (TPSA) is 32.5 Å². The predicted octanol–water partition coefficient (Wildman–Crippen LogP) is 2.39. The standard InChI is InChI=1S/C17H26FN3/c18-15-5-1-4-14(12-15)17(19)7-11-20-8-3-10-21-9-2-6-16(21)13-20/h1,4-5,12,16-17H,2-3,6-11,13,19H2. The van der Waals surface area contributed by atoms with Crippen LogP contribution in [0, 0.1) is 5.82 Å². The van der Waals surface area contributed by atoms with Crippen LogP contribution < -0.4 is 5.73 Å². The molecule has 2 fully saturated rings. The van der Waals surface area contributed by atoms with Crippen LogP contribution in [0.15, 0.2) is 24.3 Å². The lowest BCUT2D eigenvalue weighted by Gasteiger charge is -2.26. The smallest absolute Gasteiger partial charge is 0.123 e. The molecule has 0 radical (unpaired) electrons. The number of benzene rings is 1. The summed E-state index contributed by atoms with van der Waals surface area (Å²) in [5.41, 5.74) is 7.13. The second-order valence-electron chi connectivity index (χ2n) is 6.44. The first-order chi connectivity index (χ1) is 10.2. The summed E-state index contributed by atoms with van der Waals surface area (Å²) >= 11 is 0. The molecule has 21 heavy (non-hydrogen) atoms. The summed E-state index contributed by atoms with van der Waals surface area (Å²) in [4.78, 5) is 5.20. The maximum atomic E-state index is 13.3. The van der Waals surface area contributed by atoms with E-state index >= 15 is 0 Å². The average Bonchev–Trinajstić information content (AvgIpc) is 2.83. The molecule has 116 valence electrons. The van der Waals surface area contributed by atoms with E-state index in [1.807, 2.05) is 6.07 Å². The predicted molar refractivity (Wildman–Crippen MR) is 83.6 cm³/mol. The normalized spacial score (nSPS) is 25.5. The summed E-state index contributed by atoms with van der Waals surface area (Å²) in [5, 5.41) is 0. The zero-order chi connectivity index (χ0) is 14.7. The van der Waals surface area contributed by atoms with E-state index in [0.29, 0.717) is 0 Å². The van der Waals surface area contributed by atoms with Gasteiger partial charge in [0.05, 0.1) is 0 Å². The number of nitrogens with two attached hydrogens (primary N) is 1. The third-order valence-electron chi connectivity index (χ3n) is 4.92. The van der Waals surface area contributed by atoms with Crippen molar-refractivity contribution in [3.05, 3.63) is 35.6 Å². The van der Waals surface area contributed by atoms with Crippen molar-refractivity contribution in [1.82, 2.24) is 9.80 Å². The Balaban J connectivity index is 1.52. The van der Waals surface area contributed by atoms with Gasteiger partial charge >= 0.3 is 0 Å². The van der Waals surface area contributed by atoms with Gasteiger partial charge in [-0.2, -0.15) is 0 Å². The maximum Gasteiger partial charge on any atom is 0.123 e. The number of nitrogens with zero attached hydrogens (tertiary/aromatic N) is 2. The van der Waals surface area contributed by atoms with Crippen LogP contribution in [0.4, 0.5) is 4.39 Å². The Labute approximate surface area is 126 Å². The molecule has 2 atom stereocenters. The molecule has 0 aliphatic carbocycles. The SMILES string of the molecule is NC(CCN1CCCN2CCCC2C1)c1cccc(F)c1. The largest absolute Gasteiger partial charge is 0.324 e. The number of fused-ring (bicyclic) bond motifs is 1. The van der Waals surface area contributed by atoms with Crippen LogP contribution in [0.3, 0.4) is 0 Å². The minimum absolute atomic E-state index is 0.0661. The fourth-order valence-corrected chi connectivity index (χ4v) is 3.71. The van der Waals surface area contributed by atoms with Gasteiger partial charge in [-0.05, 0) is 63.0 Å². The maximum absolute atomic E-state index is 13.3. The van der Waals surface area contributed by atoms with Crippen molar-refractivity contribution >= 4 is 0 Å². The van der Waals surface area contributed by atoms with Crippen molar-refractivity contribution in [3.8, 4) is 0 Å². The van der Waals surface area contributed by atoms with E-state index in [4.69, 9.17) is 5.73 Å². The number of hydrogen-bond acceptors (Lipinski definition) is 3. The molecule has 0 spiro atoms. The lowest BCUT2D eigenvalue weighted by atomic mass is 10.0. The first-order valence-electron chi connectivity index (χ1n) is 8.20. The van der Waals surface area contributed by atoms with Gasteiger partial charge in [-0.15, -0.1) is 0 Å². The van der Waals surface area contributed by atoms with E-state index in [0.717, 1.165) is 24.6 Å². The summed E-state index contributed by atoms with van der Waals surface area (Å²) in [7, 11) is 0. The van der Waals surface area contributed by atoms with Crippen LogP contribution in [-0.2, 0) is 0 Å². The quantitative estimate of drug-likeness (QED) is 0.924. The average molecular weight is 291 g/mol. The van der Waals surface area contributed by atoms with E-state index in [2.05, 4.69) is 9.80 Å². The van der Waals surface area contributed by atoms with Gasteiger partial charge in [-0.25, -0.2) is 4.39 Å². The number of rotatable bonds is 4. The number of hydrogen-bond donors (Lipinski definition) is 1. The summed E-state index contributed by atoms with van der Waals surface area (Å²) in [6, 6.07) is 7.38. The van der Waals surface area contributed by atoms with Crippen molar-refractivity contribution in [2.24, 2.45) is 5.73 Å². The highest BCUT2D eigenvalue weighted by Gasteiger charge is 2.28. The Hall–Kier alpha value is -0.970. The van der Waals surface area contributed by atoms with Gasteiger partial charge in [-0.1, -0.05) is 12.1 Å². The Morgan fingerprint density at radius 2 is 2.10 bits per heavy atom. The Morgan fingerprint density at radius 3 is 2.95 bits per heavy atom. The molecule has 0 bridgehead atoms. The first-order valence-corrected chi connectivity index (χ1v) is 8.20. The molecule has 2 N–H and O–H groups in total. The molecule has 1 aromatic rings. The zero-order valence-corrected chi connectivity index (χ0v) is 12.7. The molecule has 3 rings (SSSR count). The van der Waals surface area contributed by atoms with Crippen LogP contribution in [0.2, 0.25) is 0 Å². The minimum atomic E-state index is -0.195. The van der Waals surface area contributed by atoms with Crippen molar-refractivity contribution in [1.29, 1.82) is 0 Å². The lowest BCUT2D eigenvalue weighted by molar-refractivity contribution is 0.216. The van der Waals surface area contributed by atoms with E-state index < -0.39 is 0 Å². The molecular weight excluding hydrogens is 265 g/mol. The molecule has 0 aromatic heterocycles. The molecule has 2 aliphatic heterocycles. The van der Waals surface area contributed by atoms with Gasteiger partial charge in [0.25, 0.3) is 0 Å². The van der Waals surface area contributed by atoms with E-state index in [-0.39, 0.29) is 11.9 Å². The van der Waals surface area contributed by atoms with Crippen LogP contribution in [-0.4, -0.2) is 48.6 Å². The van der Waals surface area contributed by atoms with Gasteiger partial charge in [0.15, 0.2) is 0 Å². The van der Waals surface area contributed by atoms with Crippen molar-refractivity contribution < 1.29 is 4.39 Å². The molecule has 2 heterocycles. The fraction of sp³-hybridized carbons (Fsp3) is 0.647. The molecule has 4 heteroatoms. The first kappa shape index (κ1) is 14.9. The highest BCUT2D eigenvalue weighted by Crippen LogP contribution is 2.22. The Morgan fingerprint density at radius 1 is 1.24 bits per heavy atom. The summed E-state index contributed by atoms with van der Waals surface area (Å²) in [5.74, 6) is -0.195. The summed E-state index contributed by atoms with van der Waals surface area (Å²) in [6.45, 7) is 5.89. The van der Waals surface area contributed by atoms with Crippen LogP contribution in [0.1, 0.15) is 37.3 Å². The highest BCUT2D eigenvalue weighted by atomic mass is 19.1. The van der Waals surface area contributed by atoms with Crippen molar-refractivity contribution in [2.75, 3.05) is 32.7 Å². The number of halogens is 1. The molecule has 0 amide bonds. The highest BCUT2D eigenvalue weighted by molar-refractivity contribution is 5.19. The van der Waals surface area contributed by atoms with Gasteiger partial charge in [-0.3, -0.25) is 4.90 Å². The summed E-state index contributed by atoms with van der Waals surface area (Å²) in [6.07, 6.45) is 4.84. The van der Waals surface area contributed by atoms with Gasteiger partial charge in [0.1, 0.15) is 5.82 Å². The third kappa shape index (κ3) is 3.82.